The van der Waals surface area contributed by atoms with Crippen molar-refractivity contribution < 1.29 is 0 Å². The molecule has 0 fully saturated rings. The highest BCUT2D eigenvalue weighted by atomic mass is 14.9. The van der Waals surface area contributed by atoms with Gasteiger partial charge < -0.3 is 4.40 Å². The lowest BCUT2D eigenvalue weighted by atomic mass is 9.85. The molecule has 0 unspecified atom stereocenters. The Morgan fingerprint density at radius 3 is 2.21 bits per heavy atom. The lowest BCUT2D eigenvalue weighted by Gasteiger charge is -2.21. The molecule has 0 N–H and O–H groups in total. The molecular weight excluding hydrogens is 460 g/mol. The summed E-state index contributed by atoms with van der Waals surface area (Å²) in [7, 11) is 0. The summed E-state index contributed by atoms with van der Waals surface area (Å²) in [5.41, 5.74) is 9.61. The molecule has 0 aliphatic heterocycles. The lowest BCUT2D eigenvalue weighted by Crippen LogP contribution is -2.09. The van der Waals surface area contributed by atoms with E-state index in [0.717, 1.165) is 18.4 Å². The number of nitrogens with zero attached hydrogens (tertiary/aromatic N) is 2. The number of fused-ring (bicyclic) bond motifs is 7. The normalized spacial score (nSPS) is 13.3. The van der Waals surface area contributed by atoms with Crippen molar-refractivity contribution in [2.24, 2.45) is 10.8 Å². The van der Waals surface area contributed by atoms with Gasteiger partial charge in [0.25, 0.3) is 0 Å². The Balaban J connectivity index is 1.72. The van der Waals surface area contributed by atoms with Crippen LogP contribution in [0.1, 0.15) is 58.2 Å². The van der Waals surface area contributed by atoms with Crippen molar-refractivity contribution in [2.75, 3.05) is 0 Å². The number of aromatic nitrogens is 2. The van der Waals surface area contributed by atoms with Crippen molar-refractivity contribution in [3.05, 3.63) is 83.6 Å². The molecule has 7 rings (SSSR count). The summed E-state index contributed by atoms with van der Waals surface area (Å²) in [5, 5.41) is 9.18. The van der Waals surface area contributed by atoms with E-state index in [1.807, 2.05) is 6.20 Å². The molecular formula is C36H36N2. The fraction of sp³-hybridized carbons (Fsp3) is 0.306. The fourth-order valence-electron chi connectivity index (χ4n) is 6.87. The smallest absolute Gasteiger partial charge is 0.0823 e. The molecule has 0 aliphatic rings. The van der Waals surface area contributed by atoms with Crippen LogP contribution >= 0.6 is 0 Å². The summed E-state index contributed by atoms with van der Waals surface area (Å²) in [4.78, 5) is 5.05. The molecule has 7 aromatic rings. The fourth-order valence-corrected chi connectivity index (χ4v) is 6.87. The van der Waals surface area contributed by atoms with Crippen molar-refractivity contribution in [3.8, 4) is 0 Å². The maximum Gasteiger partial charge on any atom is 0.0823 e. The van der Waals surface area contributed by atoms with E-state index in [2.05, 4.69) is 114 Å². The van der Waals surface area contributed by atoms with Crippen LogP contribution < -0.4 is 0 Å². The number of benzene rings is 4. The maximum absolute atomic E-state index is 5.05. The van der Waals surface area contributed by atoms with Crippen LogP contribution in [0.25, 0.3) is 59.8 Å². The van der Waals surface area contributed by atoms with Gasteiger partial charge in [-0.15, -0.1) is 0 Å². The van der Waals surface area contributed by atoms with E-state index in [4.69, 9.17) is 4.98 Å². The Morgan fingerprint density at radius 1 is 0.684 bits per heavy atom. The largest absolute Gasteiger partial charge is 0.308 e. The zero-order valence-electron chi connectivity index (χ0n) is 23.7. The number of rotatable bonds is 2. The molecule has 190 valence electrons. The van der Waals surface area contributed by atoms with E-state index >= 15 is 0 Å². The first-order valence-corrected chi connectivity index (χ1v) is 13.9. The van der Waals surface area contributed by atoms with Crippen LogP contribution in [0.2, 0.25) is 0 Å². The molecule has 3 aromatic heterocycles. The summed E-state index contributed by atoms with van der Waals surface area (Å²) in [6.45, 7) is 16.3. The van der Waals surface area contributed by atoms with Crippen LogP contribution in [-0.4, -0.2) is 9.38 Å². The first-order chi connectivity index (χ1) is 18.0. The van der Waals surface area contributed by atoms with Gasteiger partial charge in [0.05, 0.1) is 22.1 Å². The Morgan fingerprint density at radius 2 is 1.45 bits per heavy atom. The molecule has 0 radical (unpaired) electrons. The molecule has 2 heteroatoms. The number of para-hydroxylation sites is 1. The average Bonchev–Trinajstić information content (AvgIpc) is 3.17. The summed E-state index contributed by atoms with van der Waals surface area (Å²) in [6.07, 6.45) is 4.10. The molecule has 0 spiro atoms. The second kappa shape index (κ2) is 7.69. The van der Waals surface area contributed by atoms with Gasteiger partial charge in [0.1, 0.15) is 0 Å². The minimum Gasteiger partial charge on any atom is -0.308 e. The first kappa shape index (κ1) is 23.5. The molecule has 0 amide bonds. The van der Waals surface area contributed by atoms with E-state index in [9.17, 15) is 0 Å². The Kier molecular flexibility index (Phi) is 4.75. The van der Waals surface area contributed by atoms with Crippen LogP contribution in [0.15, 0.2) is 66.9 Å². The minimum atomic E-state index is 0.193. The van der Waals surface area contributed by atoms with Crippen LogP contribution in [0.5, 0.6) is 0 Å². The number of pyridine rings is 2. The second-order valence-corrected chi connectivity index (χ2v) is 13.8. The van der Waals surface area contributed by atoms with Gasteiger partial charge in [-0.25, -0.2) is 0 Å². The quantitative estimate of drug-likeness (QED) is 0.172. The van der Waals surface area contributed by atoms with Gasteiger partial charge >= 0.3 is 0 Å². The standard InChI is InChI=1S/C36H36N2/c1-21-26-13-12-22(19-35(2,3)4)16-24(26)18-28-32-31-23(14-15-37-32)17-25(20-36(5,6)7)30-27-10-8-9-11-29(27)38(33(21)28)34(30)31/h8-18H,19-20H2,1-7H3. The van der Waals surface area contributed by atoms with Gasteiger partial charge in [0, 0.05) is 27.7 Å². The Labute approximate surface area is 224 Å². The zero-order valence-corrected chi connectivity index (χ0v) is 23.7. The predicted octanol–water partition coefficient (Wildman–Crippen LogP) is 10.0. The SMILES string of the molecule is Cc1c2ccc(CC(C)(C)C)cc2cc2c3nccc4cc(CC(C)(C)C)c5c6ccccc6n(c12)c5c43. The van der Waals surface area contributed by atoms with E-state index < -0.39 is 0 Å². The van der Waals surface area contributed by atoms with Crippen molar-refractivity contribution in [3.63, 3.8) is 0 Å². The highest BCUT2D eigenvalue weighted by molar-refractivity contribution is 6.29. The van der Waals surface area contributed by atoms with Crippen molar-refractivity contribution >= 4 is 59.8 Å². The molecule has 3 heterocycles. The van der Waals surface area contributed by atoms with Crippen LogP contribution in [0, 0.1) is 17.8 Å². The highest BCUT2D eigenvalue weighted by Crippen LogP contribution is 2.45. The van der Waals surface area contributed by atoms with Gasteiger partial charge in [-0.2, -0.15) is 0 Å². The van der Waals surface area contributed by atoms with Crippen molar-refractivity contribution in [2.45, 2.75) is 61.3 Å². The van der Waals surface area contributed by atoms with Crippen molar-refractivity contribution in [1.29, 1.82) is 0 Å². The van der Waals surface area contributed by atoms with Gasteiger partial charge in [-0.3, -0.25) is 4.98 Å². The summed E-state index contributed by atoms with van der Waals surface area (Å²) >= 11 is 0. The van der Waals surface area contributed by atoms with E-state index in [0.29, 0.717) is 0 Å². The molecule has 2 nitrogen and oxygen atoms in total. The average molecular weight is 497 g/mol. The van der Waals surface area contributed by atoms with Gasteiger partial charge in [0.15, 0.2) is 0 Å². The molecule has 0 aliphatic carbocycles. The number of aryl methyl sites for hydroxylation is 1. The van der Waals surface area contributed by atoms with Gasteiger partial charge in [-0.1, -0.05) is 84.0 Å². The zero-order chi connectivity index (χ0) is 26.6. The second-order valence-electron chi connectivity index (χ2n) is 13.8. The first-order valence-electron chi connectivity index (χ1n) is 13.9. The topological polar surface area (TPSA) is 17.3 Å². The number of hydrogen-bond donors (Lipinski definition) is 0. The van der Waals surface area contributed by atoms with E-state index in [1.54, 1.807) is 0 Å². The van der Waals surface area contributed by atoms with E-state index in [1.165, 1.54) is 70.9 Å². The third-order valence-corrected chi connectivity index (χ3v) is 8.11. The number of hydrogen-bond acceptors (Lipinski definition) is 1. The molecule has 4 aromatic carbocycles. The minimum absolute atomic E-state index is 0.193. The van der Waals surface area contributed by atoms with Crippen LogP contribution in [0.3, 0.4) is 0 Å². The molecule has 38 heavy (non-hydrogen) atoms. The van der Waals surface area contributed by atoms with Crippen LogP contribution in [-0.2, 0) is 12.8 Å². The molecule has 0 bridgehead atoms. The maximum atomic E-state index is 5.05. The third-order valence-electron chi connectivity index (χ3n) is 8.11. The predicted molar refractivity (Wildman–Crippen MR) is 165 cm³/mol. The monoisotopic (exact) mass is 496 g/mol. The van der Waals surface area contributed by atoms with E-state index in [-0.39, 0.29) is 10.8 Å². The van der Waals surface area contributed by atoms with Gasteiger partial charge in [-0.05, 0) is 81.6 Å². The summed E-state index contributed by atoms with van der Waals surface area (Å²) < 4.78 is 2.56. The summed E-state index contributed by atoms with van der Waals surface area (Å²) in [6, 6.07) is 23.1. The van der Waals surface area contributed by atoms with Crippen LogP contribution in [0.4, 0.5) is 0 Å². The Hall–Kier alpha value is -3.65. The molecule has 0 atom stereocenters. The molecule has 0 saturated heterocycles. The highest BCUT2D eigenvalue weighted by Gasteiger charge is 2.24. The summed E-state index contributed by atoms with van der Waals surface area (Å²) in [5.74, 6) is 0. The Bertz CT molecular complexity index is 2040. The molecule has 0 saturated carbocycles. The lowest BCUT2D eigenvalue weighted by molar-refractivity contribution is 0.411. The third kappa shape index (κ3) is 3.42. The van der Waals surface area contributed by atoms with Gasteiger partial charge in [0.2, 0.25) is 0 Å². The van der Waals surface area contributed by atoms with Crippen molar-refractivity contribution in [1.82, 2.24) is 9.38 Å².